The van der Waals surface area contributed by atoms with Gasteiger partial charge < -0.3 is 0 Å². The molecule has 1 aliphatic heterocycles. The predicted octanol–water partition coefficient (Wildman–Crippen LogP) is 0.616. The van der Waals surface area contributed by atoms with Crippen LogP contribution in [-0.4, -0.2) is 20.8 Å². The van der Waals surface area contributed by atoms with Crippen molar-refractivity contribution in [2.75, 3.05) is 0 Å². The number of hydrazine groups is 1. The van der Waals surface area contributed by atoms with Gasteiger partial charge >= 0.3 is 0 Å². The van der Waals surface area contributed by atoms with Crippen LogP contribution in [0.25, 0.3) is 0 Å². The summed E-state index contributed by atoms with van der Waals surface area (Å²) in [7, 11) is 0. The summed E-state index contributed by atoms with van der Waals surface area (Å²) in [5, 5.41) is 5.87. The second kappa shape index (κ2) is 4.42. The van der Waals surface area contributed by atoms with Crippen LogP contribution in [-0.2, 0) is 0 Å². The molecule has 0 fully saturated rings. The maximum absolute atomic E-state index is 6.09. The number of hydrogen-bond acceptors (Lipinski definition) is 6. The number of nitrogens with two attached hydrogens (primary N) is 1. The summed E-state index contributed by atoms with van der Waals surface area (Å²) in [6.45, 7) is 0. The first-order valence-electron chi connectivity index (χ1n) is 5.54. The van der Waals surface area contributed by atoms with E-state index in [1.165, 1.54) is 0 Å². The van der Waals surface area contributed by atoms with Gasteiger partial charge in [-0.3, -0.25) is 20.4 Å². The van der Waals surface area contributed by atoms with Crippen molar-refractivity contribution in [1.29, 1.82) is 0 Å². The van der Waals surface area contributed by atoms with E-state index < -0.39 is 0 Å². The van der Waals surface area contributed by atoms with Gasteiger partial charge in [0.2, 0.25) is 0 Å². The number of hydrogen-bond donors (Lipinski definition) is 2. The molecular formula is C12H12N6. The lowest BCUT2D eigenvalue weighted by atomic mass is 10.2. The van der Waals surface area contributed by atoms with E-state index >= 15 is 0 Å². The first-order chi connectivity index (χ1) is 8.86. The van der Waals surface area contributed by atoms with Crippen molar-refractivity contribution in [3.8, 4) is 0 Å². The Morgan fingerprint density at radius 1 is 1.00 bits per heavy atom. The molecule has 0 aromatic carbocycles. The summed E-state index contributed by atoms with van der Waals surface area (Å²) in [4.78, 5) is 7.96. The van der Waals surface area contributed by atoms with Crippen LogP contribution in [0.15, 0.2) is 54.2 Å². The van der Waals surface area contributed by atoms with Crippen molar-refractivity contribution in [1.82, 2.24) is 20.4 Å². The number of nitrogens with one attached hydrogen (secondary N) is 1. The number of amidine groups is 1. The van der Waals surface area contributed by atoms with Crippen molar-refractivity contribution < 1.29 is 0 Å². The Morgan fingerprint density at radius 3 is 2.28 bits per heavy atom. The van der Waals surface area contributed by atoms with Gasteiger partial charge in [-0.05, 0) is 24.3 Å². The fourth-order valence-corrected chi connectivity index (χ4v) is 1.86. The third kappa shape index (κ3) is 1.78. The van der Waals surface area contributed by atoms with Crippen LogP contribution in [0.2, 0.25) is 0 Å². The van der Waals surface area contributed by atoms with E-state index in [9.17, 15) is 0 Å². The van der Waals surface area contributed by atoms with Crippen molar-refractivity contribution >= 4 is 5.84 Å². The minimum atomic E-state index is -0.170. The quantitative estimate of drug-likeness (QED) is 0.752. The monoisotopic (exact) mass is 240 g/mol. The maximum atomic E-state index is 6.09. The van der Waals surface area contributed by atoms with Gasteiger partial charge in [-0.25, -0.2) is 5.84 Å². The van der Waals surface area contributed by atoms with Gasteiger partial charge in [-0.15, -0.1) is 0 Å². The molecule has 0 aliphatic carbocycles. The topological polar surface area (TPSA) is 79.4 Å². The number of nitrogens with zero attached hydrogens (tertiary/aromatic N) is 4. The summed E-state index contributed by atoms with van der Waals surface area (Å²) in [5.74, 6) is 6.78. The van der Waals surface area contributed by atoms with Crippen LogP contribution in [0.3, 0.4) is 0 Å². The first kappa shape index (κ1) is 10.7. The molecule has 1 unspecified atom stereocenters. The molecule has 0 radical (unpaired) electrons. The van der Waals surface area contributed by atoms with Crippen molar-refractivity contribution in [3.63, 3.8) is 0 Å². The van der Waals surface area contributed by atoms with Gasteiger partial charge in [0.1, 0.15) is 0 Å². The molecule has 6 nitrogen and oxygen atoms in total. The van der Waals surface area contributed by atoms with Crippen LogP contribution in [0.5, 0.6) is 0 Å². The summed E-state index contributed by atoms with van der Waals surface area (Å²) in [6, 6.07) is 7.55. The molecule has 0 saturated heterocycles. The zero-order chi connectivity index (χ0) is 12.4. The van der Waals surface area contributed by atoms with Crippen LogP contribution in [0, 0.1) is 0 Å². The highest BCUT2D eigenvalue weighted by Crippen LogP contribution is 2.21. The Morgan fingerprint density at radius 2 is 1.61 bits per heavy atom. The van der Waals surface area contributed by atoms with Gasteiger partial charge in [0, 0.05) is 35.9 Å². The Kier molecular flexibility index (Phi) is 2.62. The fraction of sp³-hybridized carbons (Fsp3) is 0.0833. The van der Waals surface area contributed by atoms with Crippen molar-refractivity contribution in [2.45, 2.75) is 6.17 Å². The molecule has 2 aromatic heterocycles. The van der Waals surface area contributed by atoms with E-state index in [4.69, 9.17) is 5.84 Å². The molecule has 1 atom stereocenters. The van der Waals surface area contributed by atoms with Crippen molar-refractivity contribution in [2.24, 2.45) is 10.9 Å². The molecule has 3 rings (SSSR count). The molecule has 0 bridgehead atoms. The van der Waals surface area contributed by atoms with Gasteiger partial charge in [0.15, 0.2) is 12.0 Å². The van der Waals surface area contributed by atoms with Crippen LogP contribution in [0.1, 0.15) is 17.3 Å². The fourth-order valence-electron chi connectivity index (χ4n) is 1.86. The normalized spacial score (nSPS) is 18.4. The minimum Gasteiger partial charge on any atom is -0.280 e. The second-order valence-corrected chi connectivity index (χ2v) is 3.89. The molecule has 1 aliphatic rings. The molecule has 0 amide bonds. The standard InChI is InChI=1S/C12H12N6/c13-18-11(9-1-5-14-6-2-9)16-17-12(18)10-3-7-15-8-4-10/h1-8,11,16H,13H2. The zero-order valence-electron chi connectivity index (χ0n) is 9.56. The van der Waals surface area contributed by atoms with E-state index in [-0.39, 0.29) is 6.17 Å². The predicted molar refractivity (Wildman–Crippen MR) is 66.9 cm³/mol. The maximum Gasteiger partial charge on any atom is 0.172 e. The van der Waals surface area contributed by atoms with Crippen LogP contribution in [0.4, 0.5) is 0 Å². The highest BCUT2D eigenvalue weighted by atomic mass is 15.6. The highest BCUT2D eigenvalue weighted by molar-refractivity contribution is 5.99. The molecule has 3 N–H and O–H groups in total. The zero-order valence-corrected chi connectivity index (χ0v) is 9.56. The molecule has 0 spiro atoms. The smallest absolute Gasteiger partial charge is 0.172 e. The highest BCUT2D eigenvalue weighted by Gasteiger charge is 2.27. The van der Waals surface area contributed by atoms with E-state index in [0.717, 1.165) is 11.1 Å². The first-order valence-corrected chi connectivity index (χ1v) is 5.54. The van der Waals surface area contributed by atoms with E-state index in [2.05, 4.69) is 20.5 Å². The lowest BCUT2D eigenvalue weighted by Gasteiger charge is -2.21. The van der Waals surface area contributed by atoms with E-state index in [0.29, 0.717) is 5.84 Å². The average Bonchev–Trinajstić information content (AvgIpc) is 2.83. The number of aromatic nitrogens is 2. The molecule has 0 saturated carbocycles. The molecule has 3 heterocycles. The molecular weight excluding hydrogens is 228 g/mol. The van der Waals surface area contributed by atoms with E-state index in [1.54, 1.807) is 29.8 Å². The second-order valence-electron chi connectivity index (χ2n) is 3.89. The van der Waals surface area contributed by atoms with Crippen LogP contribution < -0.4 is 11.3 Å². The number of pyridine rings is 2. The summed E-state index contributed by atoms with van der Waals surface area (Å²) in [6.07, 6.45) is 6.72. The molecule has 18 heavy (non-hydrogen) atoms. The third-order valence-corrected chi connectivity index (χ3v) is 2.78. The Labute approximate surface area is 104 Å². The summed E-state index contributed by atoms with van der Waals surface area (Å²) < 4.78 is 0. The minimum absolute atomic E-state index is 0.170. The van der Waals surface area contributed by atoms with Gasteiger partial charge in [-0.2, -0.15) is 5.10 Å². The number of rotatable bonds is 2. The van der Waals surface area contributed by atoms with Crippen LogP contribution >= 0.6 is 0 Å². The van der Waals surface area contributed by atoms with Gasteiger partial charge in [-0.1, -0.05) is 0 Å². The molecule has 90 valence electrons. The molecule has 2 aromatic rings. The molecule has 6 heteroatoms. The summed E-state index contributed by atoms with van der Waals surface area (Å²) in [5.41, 5.74) is 4.95. The Hall–Kier alpha value is -2.47. The van der Waals surface area contributed by atoms with Gasteiger partial charge in [0.25, 0.3) is 0 Å². The van der Waals surface area contributed by atoms with E-state index in [1.807, 2.05) is 24.3 Å². The lowest BCUT2D eigenvalue weighted by molar-refractivity contribution is 0.316. The Balaban J connectivity index is 1.87. The van der Waals surface area contributed by atoms with Crippen molar-refractivity contribution in [3.05, 3.63) is 60.2 Å². The SMILES string of the molecule is NN1C(c2ccncc2)=NNC1c1ccncc1. The lowest BCUT2D eigenvalue weighted by Crippen LogP contribution is -2.39. The number of hydrazone groups is 1. The summed E-state index contributed by atoms with van der Waals surface area (Å²) >= 11 is 0. The average molecular weight is 240 g/mol. The Bertz CT molecular complexity index is 553. The third-order valence-electron chi connectivity index (χ3n) is 2.78. The van der Waals surface area contributed by atoms with Gasteiger partial charge in [0.05, 0.1) is 0 Å². The largest absolute Gasteiger partial charge is 0.280 e.